The van der Waals surface area contributed by atoms with Crippen LogP contribution in [0, 0.1) is 0 Å². The molecule has 0 heterocycles. The van der Waals surface area contributed by atoms with Gasteiger partial charge in [-0.15, -0.1) is 0 Å². The predicted octanol–water partition coefficient (Wildman–Crippen LogP) is 3.92. The van der Waals surface area contributed by atoms with Crippen molar-refractivity contribution in [1.82, 2.24) is 0 Å². The standard InChI is InChI=1S/C17H17O3P/c1-11(2)13-9-10-15-14-6-4-3-5-12(14)7-8-16(15)17(13)21(18,19)20/h3-11H,1-2H3,(H2,18,19,20). The van der Waals surface area contributed by atoms with Crippen molar-refractivity contribution in [3.05, 3.63) is 54.1 Å². The molecule has 2 N–H and O–H groups in total. The van der Waals surface area contributed by atoms with E-state index in [9.17, 15) is 14.4 Å². The predicted molar refractivity (Wildman–Crippen MR) is 87.2 cm³/mol. The molecule has 0 aliphatic rings. The largest absolute Gasteiger partial charge is 0.357 e. The first-order chi connectivity index (χ1) is 9.89. The summed E-state index contributed by atoms with van der Waals surface area (Å²) >= 11 is 0. The summed E-state index contributed by atoms with van der Waals surface area (Å²) in [7, 11) is -4.33. The smallest absolute Gasteiger partial charge is 0.321 e. The van der Waals surface area contributed by atoms with Crippen LogP contribution in [0.15, 0.2) is 48.5 Å². The van der Waals surface area contributed by atoms with Crippen molar-refractivity contribution in [2.75, 3.05) is 0 Å². The van der Waals surface area contributed by atoms with E-state index in [0.29, 0.717) is 10.9 Å². The molecule has 4 heteroatoms. The molecule has 3 aromatic rings. The average molecular weight is 300 g/mol. The molecule has 21 heavy (non-hydrogen) atoms. The van der Waals surface area contributed by atoms with Gasteiger partial charge >= 0.3 is 7.60 Å². The van der Waals surface area contributed by atoms with Gasteiger partial charge in [0.2, 0.25) is 0 Å². The first-order valence-electron chi connectivity index (χ1n) is 6.90. The Bertz CT molecular complexity index is 878. The van der Waals surface area contributed by atoms with Gasteiger partial charge in [0.1, 0.15) is 0 Å². The summed E-state index contributed by atoms with van der Waals surface area (Å²) < 4.78 is 12.0. The zero-order valence-corrected chi connectivity index (χ0v) is 12.8. The summed E-state index contributed by atoms with van der Waals surface area (Å²) in [5.41, 5.74) is 0.714. The third-order valence-corrected chi connectivity index (χ3v) is 4.92. The maximum Gasteiger partial charge on any atom is 0.357 e. The van der Waals surface area contributed by atoms with Crippen LogP contribution in [0.5, 0.6) is 0 Å². The van der Waals surface area contributed by atoms with Crippen molar-refractivity contribution >= 4 is 34.4 Å². The van der Waals surface area contributed by atoms with Crippen LogP contribution in [-0.4, -0.2) is 9.79 Å². The van der Waals surface area contributed by atoms with Crippen molar-refractivity contribution in [1.29, 1.82) is 0 Å². The van der Waals surface area contributed by atoms with Crippen LogP contribution >= 0.6 is 7.60 Å². The summed E-state index contributed by atoms with van der Waals surface area (Å²) in [4.78, 5) is 19.6. The Hall–Kier alpha value is -1.67. The minimum absolute atomic E-state index is 0.0588. The fourth-order valence-electron chi connectivity index (χ4n) is 2.88. The molecule has 0 saturated carbocycles. The van der Waals surface area contributed by atoms with Gasteiger partial charge in [-0.2, -0.15) is 0 Å². The summed E-state index contributed by atoms with van der Waals surface area (Å²) in [5.74, 6) is 0.0588. The van der Waals surface area contributed by atoms with Crippen LogP contribution in [0.1, 0.15) is 25.3 Å². The Balaban J connectivity index is 2.52. The molecule has 0 aromatic heterocycles. The van der Waals surface area contributed by atoms with E-state index in [4.69, 9.17) is 0 Å². The highest BCUT2D eigenvalue weighted by molar-refractivity contribution is 7.61. The maximum absolute atomic E-state index is 12.0. The van der Waals surface area contributed by atoms with Crippen LogP contribution < -0.4 is 5.30 Å². The van der Waals surface area contributed by atoms with Gasteiger partial charge in [0.25, 0.3) is 0 Å². The van der Waals surface area contributed by atoms with Gasteiger partial charge in [-0.3, -0.25) is 4.57 Å². The van der Waals surface area contributed by atoms with Crippen LogP contribution in [0.4, 0.5) is 0 Å². The topological polar surface area (TPSA) is 57.5 Å². The molecular formula is C17H17O3P. The number of benzene rings is 3. The lowest BCUT2D eigenvalue weighted by molar-refractivity contribution is 0.387. The summed E-state index contributed by atoms with van der Waals surface area (Å²) in [6.45, 7) is 3.89. The minimum Gasteiger partial charge on any atom is -0.321 e. The second-order valence-electron chi connectivity index (χ2n) is 5.58. The highest BCUT2D eigenvalue weighted by atomic mass is 31.2. The fourth-order valence-corrected chi connectivity index (χ4v) is 4.06. The van der Waals surface area contributed by atoms with Crippen LogP contribution in [0.2, 0.25) is 0 Å². The molecule has 3 aromatic carbocycles. The molecule has 0 aliphatic carbocycles. The van der Waals surface area contributed by atoms with E-state index in [1.807, 2.05) is 62.4 Å². The highest BCUT2D eigenvalue weighted by Gasteiger charge is 2.26. The quantitative estimate of drug-likeness (QED) is 0.557. The molecule has 3 nitrogen and oxygen atoms in total. The molecule has 0 aliphatic heterocycles. The van der Waals surface area contributed by atoms with E-state index < -0.39 is 7.60 Å². The van der Waals surface area contributed by atoms with Crippen molar-refractivity contribution in [2.45, 2.75) is 19.8 Å². The lowest BCUT2D eigenvalue weighted by Gasteiger charge is -2.17. The number of hydrogen-bond donors (Lipinski definition) is 2. The third-order valence-electron chi connectivity index (χ3n) is 3.84. The lowest BCUT2D eigenvalue weighted by atomic mass is 9.96. The highest BCUT2D eigenvalue weighted by Crippen LogP contribution is 2.41. The molecule has 0 spiro atoms. The Labute approximate surface area is 123 Å². The van der Waals surface area contributed by atoms with Gasteiger partial charge in [-0.1, -0.05) is 62.4 Å². The maximum atomic E-state index is 12.0. The van der Waals surface area contributed by atoms with Crippen LogP contribution in [-0.2, 0) is 4.57 Å². The fraction of sp³-hybridized carbons (Fsp3) is 0.176. The van der Waals surface area contributed by atoms with E-state index in [1.165, 1.54) is 0 Å². The molecule has 3 rings (SSSR count). The van der Waals surface area contributed by atoms with Crippen molar-refractivity contribution in [3.63, 3.8) is 0 Å². The average Bonchev–Trinajstić information content (AvgIpc) is 2.44. The summed E-state index contributed by atoms with van der Waals surface area (Å²) in [5, 5.41) is 3.78. The second-order valence-corrected chi connectivity index (χ2v) is 7.12. The van der Waals surface area contributed by atoms with E-state index in [1.54, 1.807) is 0 Å². The Morgan fingerprint density at radius 1 is 0.857 bits per heavy atom. The van der Waals surface area contributed by atoms with E-state index in [0.717, 1.165) is 16.2 Å². The molecule has 108 valence electrons. The van der Waals surface area contributed by atoms with Crippen LogP contribution in [0.25, 0.3) is 21.5 Å². The van der Waals surface area contributed by atoms with Gasteiger partial charge < -0.3 is 9.79 Å². The molecule has 0 radical (unpaired) electrons. The Morgan fingerprint density at radius 2 is 1.52 bits per heavy atom. The van der Waals surface area contributed by atoms with E-state index >= 15 is 0 Å². The Morgan fingerprint density at radius 3 is 2.19 bits per heavy atom. The first-order valence-corrected chi connectivity index (χ1v) is 8.51. The van der Waals surface area contributed by atoms with Gasteiger partial charge in [0, 0.05) is 0 Å². The molecule has 0 fully saturated rings. The van der Waals surface area contributed by atoms with E-state index in [-0.39, 0.29) is 11.2 Å². The molecule has 0 unspecified atom stereocenters. The van der Waals surface area contributed by atoms with Crippen molar-refractivity contribution < 1.29 is 14.4 Å². The van der Waals surface area contributed by atoms with Gasteiger partial charge in [0.15, 0.2) is 0 Å². The normalized spacial score (nSPS) is 12.4. The van der Waals surface area contributed by atoms with Crippen molar-refractivity contribution in [3.8, 4) is 0 Å². The number of rotatable bonds is 2. The second kappa shape index (κ2) is 4.96. The molecule has 0 amide bonds. The SMILES string of the molecule is CC(C)c1ccc2c(ccc3ccccc32)c1P(=O)(O)O. The zero-order chi connectivity index (χ0) is 15.2. The monoisotopic (exact) mass is 300 g/mol. The van der Waals surface area contributed by atoms with Gasteiger partial charge in [-0.05, 0) is 33.0 Å². The molecule has 0 saturated heterocycles. The molecule has 0 bridgehead atoms. The number of hydrogen-bond acceptors (Lipinski definition) is 1. The van der Waals surface area contributed by atoms with Gasteiger partial charge in [0.05, 0.1) is 5.30 Å². The molecule has 0 atom stereocenters. The van der Waals surface area contributed by atoms with Crippen molar-refractivity contribution in [2.24, 2.45) is 0 Å². The summed E-state index contributed by atoms with van der Waals surface area (Å²) in [6.07, 6.45) is 0. The first kappa shape index (κ1) is 14.3. The Kier molecular flexibility index (Phi) is 3.37. The van der Waals surface area contributed by atoms with Crippen LogP contribution in [0.3, 0.4) is 0 Å². The third kappa shape index (κ3) is 2.38. The number of fused-ring (bicyclic) bond motifs is 3. The zero-order valence-electron chi connectivity index (χ0n) is 11.9. The lowest BCUT2D eigenvalue weighted by Crippen LogP contribution is -2.13. The van der Waals surface area contributed by atoms with Gasteiger partial charge in [-0.25, -0.2) is 0 Å². The molecular weight excluding hydrogens is 283 g/mol. The summed E-state index contributed by atoms with van der Waals surface area (Å²) in [6, 6.07) is 15.4. The van der Waals surface area contributed by atoms with E-state index in [2.05, 4.69) is 0 Å². The minimum atomic E-state index is -4.33.